The quantitative estimate of drug-likeness (QED) is 0.440. The van der Waals surface area contributed by atoms with Gasteiger partial charge in [-0.25, -0.2) is 4.79 Å². The first kappa shape index (κ1) is 20.9. The molecule has 2 aromatic carbocycles. The highest BCUT2D eigenvalue weighted by atomic mass is 19.1. The fourth-order valence-corrected chi connectivity index (χ4v) is 3.09. The maximum atomic E-state index is 13.5. The number of ether oxygens (including phenoxy) is 1. The van der Waals surface area contributed by atoms with Crippen molar-refractivity contribution >= 4 is 34.8 Å². The molecule has 0 aromatic heterocycles. The van der Waals surface area contributed by atoms with Crippen molar-refractivity contribution in [3.05, 3.63) is 64.0 Å². The molecule has 0 bridgehead atoms. The molecule has 0 spiro atoms. The minimum atomic E-state index is -1.00. The predicted octanol–water partition coefficient (Wildman–Crippen LogP) is 2.90. The van der Waals surface area contributed by atoms with Crippen LogP contribution in [0.25, 0.3) is 0 Å². The summed E-state index contributed by atoms with van der Waals surface area (Å²) in [6.45, 7) is 1.96. The summed E-state index contributed by atoms with van der Waals surface area (Å²) in [5.41, 5.74) is 0.198. The van der Waals surface area contributed by atoms with Crippen LogP contribution in [0.2, 0.25) is 0 Å². The second kappa shape index (κ2) is 8.68. The summed E-state index contributed by atoms with van der Waals surface area (Å²) < 4.78 is 18.4. The molecule has 0 saturated carbocycles. The number of carbonyl (C=O) groups is 3. The van der Waals surface area contributed by atoms with Crippen molar-refractivity contribution in [3.8, 4) is 0 Å². The Labute approximate surface area is 170 Å². The van der Waals surface area contributed by atoms with Crippen LogP contribution in [0, 0.1) is 21.8 Å². The van der Waals surface area contributed by atoms with E-state index in [0.29, 0.717) is 11.3 Å². The molecule has 1 aliphatic heterocycles. The Kier molecular flexibility index (Phi) is 6.05. The molecule has 10 heteroatoms. The average molecular weight is 415 g/mol. The van der Waals surface area contributed by atoms with Crippen molar-refractivity contribution in [1.29, 1.82) is 0 Å². The summed E-state index contributed by atoms with van der Waals surface area (Å²) in [5.74, 6) is -2.97. The maximum absolute atomic E-state index is 13.5. The smallest absolute Gasteiger partial charge is 0.338 e. The predicted molar refractivity (Wildman–Crippen MR) is 105 cm³/mol. The second-order valence-corrected chi connectivity index (χ2v) is 6.59. The fourth-order valence-electron chi connectivity index (χ4n) is 3.09. The van der Waals surface area contributed by atoms with Gasteiger partial charge < -0.3 is 15.0 Å². The van der Waals surface area contributed by atoms with Gasteiger partial charge in [-0.3, -0.25) is 19.7 Å². The van der Waals surface area contributed by atoms with Gasteiger partial charge in [0.2, 0.25) is 17.6 Å². The van der Waals surface area contributed by atoms with Gasteiger partial charge >= 0.3 is 11.7 Å². The molecular formula is C20H18FN3O6. The Hall–Kier alpha value is -3.82. The number of hydrogen-bond acceptors (Lipinski definition) is 6. The lowest BCUT2D eigenvalue weighted by Crippen LogP contribution is -2.28. The van der Waals surface area contributed by atoms with Crippen LogP contribution in [0.1, 0.15) is 23.7 Å². The Morgan fingerprint density at radius 3 is 2.60 bits per heavy atom. The van der Waals surface area contributed by atoms with Crippen molar-refractivity contribution in [2.45, 2.75) is 13.3 Å². The first-order chi connectivity index (χ1) is 14.3. The van der Waals surface area contributed by atoms with Crippen molar-refractivity contribution in [1.82, 2.24) is 0 Å². The van der Waals surface area contributed by atoms with Crippen LogP contribution in [-0.2, 0) is 14.3 Å². The number of nitro groups is 1. The van der Waals surface area contributed by atoms with Crippen molar-refractivity contribution in [3.63, 3.8) is 0 Å². The van der Waals surface area contributed by atoms with Crippen molar-refractivity contribution in [2.75, 3.05) is 23.4 Å². The molecule has 1 fully saturated rings. The summed E-state index contributed by atoms with van der Waals surface area (Å²) in [5, 5.41) is 13.6. The molecule has 1 unspecified atom stereocenters. The van der Waals surface area contributed by atoms with Crippen molar-refractivity contribution in [2.24, 2.45) is 5.92 Å². The first-order valence-corrected chi connectivity index (χ1v) is 9.12. The van der Waals surface area contributed by atoms with Gasteiger partial charge in [0.05, 0.1) is 28.7 Å². The van der Waals surface area contributed by atoms with E-state index in [1.807, 2.05) is 0 Å². The molecular weight excluding hydrogens is 397 g/mol. The highest BCUT2D eigenvalue weighted by molar-refractivity contribution is 6.03. The van der Waals surface area contributed by atoms with E-state index >= 15 is 0 Å². The number of nitrogens with one attached hydrogen (secondary N) is 1. The number of benzene rings is 2. The number of carbonyl (C=O) groups excluding carboxylic acids is 3. The molecule has 1 N–H and O–H groups in total. The Morgan fingerprint density at radius 1 is 1.27 bits per heavy atom. The van der Waals surface area contributed by atoms with E-state index in [1.165, 1.54) is 23.1 Å². The number of nitrogens with zero attached hydrogens (tertiary/aromatic N) is 2. The minimum absolute atomic E-state index is 0.00830. The molecule has 0 aliphatic carbocycles. The van der Waals surface area contributed by atoms with Crippen LogP contribution in [0.15, 0.2) is 42.5 Å². The summed E-state index contributed by atoms with van der Waals surface area (Å²) in [6.07, 6.45) is -0.0854. The molecule has 1 saturated heterocycles. The van der Waals surface area contributed by atoms with Crippen LogP contribution < -0.4 is 10.2 Å². The number of nitro benzene ring substituents is 1. The third kappa shape index (κ3) is 4.43. The van der Waals surface area contributed by atoms with Crippen LogP contribution >= 0.6 is 0 Å². The third-order valence-corrected chi connectivity index (χ3v) is 4.60. The van der Waals surface area contributed by atoms with E-state index < -0.39 is 40.1 Å². The minimum Gasteiger partial charge on any atom is -0.462 e. The summed E-state index contributed by atoms with van der Waals surface area (Å²) in [6, 6.07) is 9.26. The molecule has 1 heterocycles. The summed E-state index contributed by atoms with van der Waals surface area (Å²) >= 11 is 0. The van der Waals surface area contributed by atoms with Crippen molar-refractivity contribution < 1.29 is 28.4 Å². The largest absolute Gasteiger partial charge is 0.462 e. The van der Waals surface area contributed by atoms with E-state index in [1.54, 1.807) is 19.1 Å². The molecule has 9 nitrogen and oxygen atoms in total. The SMILES string of the molecule is CCOC(=O)c1ccc(NC(=O)C2CC(=O)N(c3ccc(F)c([N+](=O)[O-])c3)C2)cc1. The van der Waals surface area contributed by atoms with E-state index in [4.69, 9.17) is 4.74 Å². The Bertz CT molecular complexity index is 1010. The number of hydrogen-bond donors (Lipinski definition) is 1. The number of esters is 1. The van der Waals surface area contributed by atoms with Gasteiger partial charge in [0.15, 0.2) is 0 Å². The van der Waals surface area contributed by atoms with E-state index in [0.717, 1.165) is 12.1 Å². The van der Waals surface area contributed by atoms with E-state index in [9.17, 15) is 28.9 Å². The molecule has 2 amide bonds. The van der Waals surface area contributed by atoms with Gasteiger partial charge in [0.25, 0.3) is 0 Å². The first-order valence-electron chi connectivity index (χ1n) is 9.12. The Morgan fingerprint density at radius 2 is 1.97 bits per heavy atom. The van der Waals surface area contributed by atoms with E-state index in [2.05, 4.69) is 5.32 Å². The van der Waals surface area contributed by atoms with Crippen LogP contribution in [-0.4, -0.2) is 35.9 Å². The van der Waals surface area contributed by atoms with Gasteiger partial charge in [-0.15, -0.1) is 0 Å². The number of halogens is 1. The zero-order valence-electron chi connectivity index (χ0n) is 16.0. The van der Waals surface area contributed by atoms with Gasteiger partial charge in [0.1, 0.15) is 0 Å². The normalized spacial score (nSPS) is 15.7. The molecule has 156 valence electrons. The lowest BCUT2D eigenvalue weighted by Gasteiger charge is -2.16. The topological polar surface area (TPSA) is 119 Å². The van der Waals surface area contributed by atoms with Crippen LogP contribution in [0.5, 0.6) is 0 Å². The zero-order chi connectivity index (χ0) is 21.8. The zero-order valence-corrected chi connectivity index (χ0v) is 16.0. The molecule has 0 radical (unpaired) electrons. The number of anilines is 2. The van der Waals surface area contributed by atoms with Gasteiger partial charge in [0, 0.05) is 24.7 Å². The number of rotatable bonds is 6. The molecule has 30 heavy (non-hydrogen) atoms. The molecule has 2 aromatic rings. The summed E-state index contributed by atoms with van der Waals surface area (Å²) in [7, 11) is 0. The lowest BCUT2D eigenvalue weighted by molar-refractivity contribution is -0.387. The van der Waals surface area contributed by atoms with Gasteiger partial charge in [-0.05, 0) is 43.3 Å². The van der Waals surface area contributed by atoms with Gasteiger partial charge in [-0.1, -0.05) is 0 Å². The van der Waals surface area contributed by atoms with Crippen LogP contribution in [0.4, 0.5) is 21.5 Å². The monoisotopic (exact) mass is 415 g/mol. The van der Waals surface area contributed by atoms with E-state index in [-0.39, 0.29) is 25.3 Å². The fraction of sp³-hybridized carbons (Fsp3) is 0.250. The average Bonchev–Trinajstić information content (AvgIpc) is 3.10. The number of amides is 2. The van der Waals surface area contributed by atoms with Gasteiger partial charge in [-0.2, -0.15) is 4.39 Å². The lowest BCUT2D eigenvalue weighted by atomic mass is 10.1. The maximum Gasteiger partial charge on any atom is 0.338 e. The second-order valence-electron chi connectivity index (χ2n) is 6.59. The Balaban J connectivity index is 1.67. The summed E-state index contributed by atoms with van der Waals surface area (Å²) in [4.78, 5) is 47.8. The molecule has 1 atom stereocenters. The molecule has 1 aliphatic rings. The highest BCUT2D eigenvalue weighted by Gasteiger charge is 2.36. The standard InChI is InChI=1S/C20H18FN3O6/c1-2-30-20(27)12-3-5-14(6-4-12)22-19(26)13-9-18(25)23(11-13)15-7-8-16(21)17(10-15)24(28)29/h3-8,10,13H,2,9,11H2,1H3,(H,22,26). The highest BCUT2D eigenvalue weighted by Crippen LogP contribution is 2.30. The third-order valence-electron chi connectivity index (χ3n) is 4.60. The van der Waals surface area contributed by atoms with Crippen LogP contribution in [0.3, 0.4) is 0 Å². The molecule has 3 rings (SSSR count).